The van der Waals surface area contributed by atoms with Gasteiger partial charge in [0.25, 0.3) is 0 Å². The fourth-order valence-corrected chi connectivity index (χ4v) is 2.56. The molecule has 4 heteroatoms. The van der Waals surface area contributed by atoms with Crippen LogP contribution in [0.5, 0.6) is 0 Å². The number of hydrogen-bond acceptors (Lipinski definition) is 4. The number of likely N-dealkylation sites (tertiary alicyclic amines) is 1. The van der Waals surface area contributed by atoms with Gasteiger partial charge in [0.05, 0.1) is 0 Å². The minimum absolute atomic E-state index is 0.261. The molecule has 0 aliphatic carbocycles. The van der Waals surface area contributed by atoms with Gasteiger partial charge in [-0.3, -0.25) is 4.90 Å². The van der Waals surface area contributed by atoms with Crippen LogP contribution >= 0.6 is 0 Å². The standard InChI is InChI=1S/C14H16N2O2/c15-11-5-6-16(9-11)8-10-7-14(17)18-13-4-2-1-3-12(10)13/h1-4,7,11H,5-6,8-9,15H2. The third-order valence-corrected chi connectivity index (χ3v) is 3.44. The molecule has 0 amide bonds. The molecule has 0 saturated carbocycles. The van der Waals surface area contributed by atoms with Crippen molar-refractivity contribution < 1.29 is 4.42 Å². The normalized spacial score (nSPS) is 20.6. The van der Waals surface area contributed by atoms with Crippen molar-refractivity contribution in [3.8, 4) is 0 Å². The number of nitrogens with zero attached hydrogens (tertiary/aromatic N) is 1. The first-order chi connectivity index (χ1) is 8.72. The summed E-state index contributed by atoms with van der Waals surface area (Å²) in [4.78, 5) is 13.8. The summed E-state index contributed by atoms with van der Waals surface area (Å²) in [5.41, 5.74) is 7.29. The molecule has 1 aromatic heterocycles. The van der Waals surface area contributed by atoms with Gasteiger partial charge < -0.3 is 10.2 Å². The second kappa shape index (κ2) is 4.55. The zero-order chi connectivity index (χ0) is 12.5. The van der Waals surface area contributed by atoms with E-state index in [1.807, 2.05) is 24.3 Å². The third kappa shape index (κ3) is 2.17. The van der Waals surface area contributed by atoms with Crippen LogP contribution in [0, 0.1) is 0 Å². The monoisotopic (exact) mass is 244 g/mol. The lowest BCUT2D eigenvalue weighted by molar-refractivity contribution is 0.327. The summed E-state index contributed by atoms with van der Waals surface area (Å²) in [6, 6.07) is 9.50. The fourth-order valence-electron chi connectivity index (χ4n) is 2.56. The number of fused-ring (bicyclic) bond motifs is 1. The van der Waals surface area contributed by atoms with E-state index in [0.29, 0.717) is 5.58 Å². The minimum Gasteiger partial charge on any atom is -0.423 e. The fraction of sp³-hybridized carbons (Fsp3) is 0.357. The number of rotatable bonds is 2. The molecule has 1 saturated heterocycles. The summed E-state index contributed by atoms with van der Waals surface area (Å²) in [5.74, 6) is 0. The van der Waals surface area contributed by atoms with Gasteiger partial charge in [0, 0.05) is 37.1 Å². The van der Waals surface area contributed by atoms with Crippen molar-refractivity contribution >= 4 is 11.0 Å². The van der Waals surface area contributed by atoms with Gasteiger partial charge in [0.2, 0.25) is 0 Å². The molecule has 4 nitrogen and oxygen atoms in total. The maximum absolute atomic E-state index is 11.5. The van der Waals surface area contributed by atoms with Crippen LogP contribution in [0.25, 0.3) is 11.0 Å². The van der Waals surface area contributed by atoms with E-state index < -0.39 is 0 Å². The molecule has 2 aromatic rings. The van der Waals surface area contributed by atoms with Gasteiger partial charge in [-0.15, -0.1) is 0 Å². The molecule has 2 heterocycles. The Bertz CT molecular complexity index is 620. The third-order valence-electron chi connectivity index (χ3n) is 3.44. The van der Waals surface area contributed by atoms with Crippen LogP contribution < -0.4 is 11.4 Å². The second-order valence-electron chi connectivity index (χ2n) is 4.87. The van der Waals surface area contributed by atoms with Gasteiger partial charge in [-0.2, -0.15) is 0 Å². The number of nitrogens with two attached hydrogens (primary N) is 1. The Morgan fingerprint density at radius 3 is 3.00 bits per heavy atom. The Morgan fingerprint density at radius 2 is 2.22 bits per heavy atom. The van der Waals surface area contributed by atoms with E-state index in [4.69, 9.17) is 10.2 Å². The first kappa shape index (κ1) is 11.4. The Morgan fingerprint density at radius 1 is 1.39 bits per heavy atom. The number of hydrogen-bond donors (Lipinski definition) is 1. The van der Waals surface area contributed by atoms with Crippen molar-refractivity contribution in [2.45, 2.75) is 19.0 Å². The second-order valence-corrected chi connectivity index (χ2v) is 4.87. The summed E-state index contributed by atoms with van der Waals surface area (Å²) in [6.45, 7) is 2.66. The van der Waals surface area contributed by atoms with Crippen molar-refractivity contribution in [1.82, 2.24) is 4.90 Å². The maximum atomic E-state index is 11.5. The van der Waals surface area contributed by atoms with Crippen LogP contribution in [-0.4, -0.2) is 24.0 Å². The van der Waals surface area contributed by atoms with Gasteiger partial charge in [0.15, 0.2) is 0 Å². The summed E-state index contributed by atoms with van der Waals surface area (Å²) < 4.78 is 5.19. The van der Waals surface area contributed by atoms with E-state index in [9.17, 15) is 4.79 Å². The summed E-state index contributed by atoms with van der Waals surface area (Å²) in [5, 5.41) is 1.01. The van der Waals surface area contributed by atoms with E-state index in [1.165, 1.54) is 0 Å². The molecule has 1 unspecified atom stereocenters. The number of para-hydroxylation sites is 1. The van der Waals surface area contributed by atoms with Crippen LogP contribution in [0.2, 0.25) is 0 Å². The molecule has 2 N–H and O–H groups in total. The van der Waals surface area contributed by atoms with Crippen LogP contribution in [0.3, 0.4) is 0 Å². The van der Waals surface area contributed by atoms with Crippen molar-refractivity contribution in [3.63, 3.8) is 0 Å². The Hall–Kier alpha value is -1.65. The van der Waals surface area contributed by atoms with Crippen molar-refractivity contribution in [2.24, 2.45) is 5.73 Å². The van der Waals surface area contributed by atoms with Crippen LogP contribution in [0.1, 0.15) is 12.0 Å². The van der Waals surface area contributed by atoms with Crippen LogP contribution in [0.15, 0.2) is 39.5 Å². The smallest absolute Gasteiger partial charge is 0.336 e. The molecule has 1 atom stereocenters. The lowest BCUT2D eigenvalue weighted by Crippen LogP contribution is -2.26. The van der Waals surface area contributed by atoms with Crippen molar-refractivity contribution in [3.05, 3.63) is 46.3 Å². The predicted molar refractivity (Wildman–Crippen MR) is 70.4 cm³/mol. The lowest BCUT2D eigenvalue weighted by atomic mass is 10.1. The Kier molecular flexibility index (Phi) is 2.89. The molecule has 1 aromatic carbocycles. The SMILES string of the molecule is NC1CCN(Cc2cc(=O)oc3ccccc23)C1. The highest BCUT2D eigenvalue weighted by Gasteiger charge is 2.19. The van der Waals surface area contributed by atoms with Crippen LogP contribution in [0.4, 0.5) is 0 Å². The van der Waals surface area contributed by atoms with Gasteiger partial charge >= 0.3 is 5.63 Å². The first-order valence-electron chi connectivity index (χ1n) is 6.22. The van der Waals surface area contributed by atoms with Crippen LogP contribution in [-0.2, 0) is 6.54 Å². The lowest BCUT2D eigenvalue weighted by Gasteiger charge is -2.15. The van der Waals surface area contributed by atoms with Crippen molar-refractivity contribution in [2.75, 3.05) is 13.1 Å². The van der Waals surface area contributed by atoms with Crippen molar-refractivity contribution in [1.29, 1.82) is 0 Å². The molecule has 1 aliphatic rings. The Labute approximate surface area is 105 Å². The van der Waals surface area contributed by atoms with E-state index in [0.717, 1.165) is 37.0 Å². The summed E-state index contributed by atoms with van der Waals surface area (Å²) in [6.07, 6.45) is 1.03. The molecule has 0 spiro atoms. The maximum Gasteiger partial charge on any atom is 0.336 e. The zero-order valence-corrected chi connectivity index (χ0v) is 10.1. The molecule has 0 bridgehead atoms. The van der Waals surface area contributed by atoms with Gasteiger partial charge in [-0.25, -0.2) is 4.79 Å². The summed E-state index contributed by atoms with van der Waals surface area (Å²) in [7, 11) is 0. The molecule has 1 fully saturated rings. The molecule has 3 rings (SSSR count). The molecule has 94 valence electrons. The zero-order valence-electron chi connectivity index (χ0n) is 10.1. The van der Waals surface area contributed by atoms with E-state index in [1.54, 1.807) is 6.07 Å². The van der Waals surface area contributed by atoms with Gasteiger partial charge in [-0.1, -0.05) is 18.2 Å². The van der Waals surface area contributed by atoms with E-state index in [-0.39, 0.29) is 11.7 Å². The predicted octanol–water partition coefficient (Wildman–Crippen LogP) is 1.33. The molecular formula is C14H16N2O2. The molecule has 1 aliphatic heterocycles. The highest BCUT2D eigenvalue weighted by molar-refractivity contribution is 5.79. The first-order valence-corrected chi connectivity index (χ1v) is 6.22. The molecular weight excluding hydrogens is 228 g/mol. The molecule has 18 heavy (non-hydrogen) atoms. The van der Waals surface area contributed by atoms with Gasteiger partial charge in [-0.05, 0) is 18.1 Å². The van der Waals surface area contributed by atoms with Gasteiger partial charge in [0.1, 0.15) is 5.58 Å². The highest BCUT2D eigenvalue weighted by Crippen LogP contribution is 2.19. The summed E-state index contributed by atoms with van der Waals surface area (Å²) >= 11 is 0. The Balaban J connectivity index is 1.98. The highest BCUT2D eigenvalue weighted by atomic mass is 16.4. The van der Waals surface area contributed by atoms with E-state index >= 15 is 0 Å². The molecule has 0 radical (unpaired) electrons. The largest absolute Gasteiger partial charge is 0.423 e. The minimum atomic E-state index is -0.285. The average molecular weight is 244 g/mol. The van der Waals surface area contributed by atoms with E-state index in [2.05, 4.69) is 4.90 Å². The quantitative estimate of drug-likeness (QED) is 0.810. The number of benzene rings is 1. The topological polar surface area (TPSA) is 59.5 Å². The average Bonchev–Trinajstić information content (AvgIpc) is 2.74.